The van der Waals surface area contributed by atoms with E-state index < -0.39 is 11.7 Å². The van der Waals surface area contributed by atoms with Gasteiger partial charge in [-0.1, -0.05) is 19.1 Å². The summed E-state index contributed by atoms with van der Waals surface area (Å²) in [7, 11) is 0. The summed E-state index contributed by atoms with van der Waals surface area (Å²) in [5.74, 6) is -0.741. The van der Waals surface area contributed by atoms with Crippen LogP contribution < -0.4 is 10.2 Å². The second-order valence-corrected chi connectivity index (χ2v) is 8.59. The van der Waals surface area contributed by atoms with Crippen molar-refractivity contribution in [2.75, 3.05) is 16.8 Å². The van der Waals surface area contributed by atoms with E-state index in [1.165, 1.54) is 12.1 Å². The number of hydrogen-bond acceptors (Lipinski definition) is 3. The Hall–Kier alpha value is -3.13. The molecule has 1 amide bonds. The molecule has 1 aliphatic rings. The average molecular weight is 406 g/mol. The molecule has 30 heavy (non-hydrogen) atoms. The third-order valence-electron chi connectivity index (χ3n) is 5.76. The van der Waals surface area contributed by atoms with Crippen LogP contribution in [0.4, 0.5) is 15.8 Å². The quantitative estimate of drug-likeness (QED) is 0.517. The van der Waals surface area contributed by atoms with Crippen LogP contribution in [0.15, 0.2) is 42.0 Å². The first-order valence-corrected chi connectivity index (χ1v) is 10.3. The minimum atomic E-state index is -0.551. The van der Waals surface area contributed by atoms with Gasteiger partial charge >= 0.3 is 0 Å². The molecule has 4 nitrogen and oxygen atoms in total. The second-order valence-electron chi connectivity index (χ2n) is 8.59. The molecule has 1 atom stereocenters. The predicted molar refractivity (Wildman–Crippen MR) is 120 cm³/mol. The van der Waals surface area contributed by atoms with Crippen molar-refractivity contribution in [1.82, 2.24) is 0 Å². The summed E-state index contributed by atoms with van der Waals surface area (Å²) in [5, 5.41) is 12.2. The Bertz CT molecular complexity index is 1050. The molecule has 1 heterocycles. The van der Waals surface area contributed by atoms with Gasteiger partial charge in [-0.05, 0) is 81.5 Å². The highest BCUT2D eigenvalue weighted by atomic mass is 19.1. The average Bonchev–Trinajstić information content (AvgIpc) is 2.66. The Morgan fingerprint density at radius 3 is 2.73 bits per heavy atom. The van der Waals surface area contributed by atoms with Gasteiger partial charge in [-0.3, -0.25) is 4.79 Å². The van der Waals surface area contributed by atoms with E-state index in [2.05, 4.69) is 37.9 Å². The van der Waals surface area contributed by atoms with Crippen molar-refractivity contribution >= 4 is 23.4 Å². The Morgan fingerprint density at radius 2 is 2.10 bits per heavy atom. The number of nitrogens with zero attached hydrogens (tertiary/aromatic N) is 2. The van der Waals surface area contributed by atoms with E-state index in [4.69, 9.17) is 0 Å². The lowest BCUT2D eigenvalue weighted by Crippen LogP contribution is -2.48. The van der Waals surface area contributed by atoms with Gasteiger partial charge < -0.3 is 10.2 Å². The predicted octanol–water partition coefficient (Wildman–Crippen LogP) is 5.79. The van der Waals surface area contributed by atoms with Crippen LogP contribution in [0.3, 0.4) is 0 Å². The number of nitriles is 1. The van der Waals surface area contributed by atoms with Crippen molar-refractivity contribution < 1.29 is 9.18 Å². The third-order valence-corrected chi connectivity index (χ3v) is 5.76. The van der Waals surface area contributed by atoms with Crippen LogP contribution in [0.25, 0.3) is 6.08 Å². The molecule has 2 aromatic rings. The van der Waals surface area contributed by atoms with E-state index in [0.29, 0.717) is 5.69 Å². The molecule has 0 radical (unpaired) electrons. The van der Waals surface area contributed by atoms with Gasteiger partial charge in [0.25, 0.3) is 5.91 Å². The Labute approximate surface area is 178 Å². The molecule has 3 rings (SSSR count). The molecule has 0 aromatic heterocycles. The standard InChI is InChI=1S/C25H28FN3O/c1-6-29-23-13-22(26)18(12-21(23)17(3)14-25(29,4)5)11-19(15-27)24(30)28-20-9-7-8-16(2)10-20/h7-13,17H,6,14H2,1-5H3,(H,28,30)/b19-11+. The molecule has 1 unspecified atom stereocenters. The lowest BCUT2D eigenvalue weighted by molar-refractivity contribution is -0.112. The van der Waals surface area contributed by atoms with Gasteiger partial charge in [0.15, 0.2) is 0 Å². The van der Waals surface area contributed by atoms with Crippen molar-refractivity contribution in [3.8, 4) is 6.07 Å². The number of aryl methyl sites for hydroxylation is 1. The molecule has 0 bridgehead atoms. The summed E-state index contributed by atoms with van der Waals surface area (Å²) in [5.41, 5.74) is 3.59. The number of carbonyl (C=O) groups is 1. The van der Waals surface area contributed by atoms with E-state index in [-0.39, 0.29) is 22.6 Å². The normalized spacial score (nSPS) is 17.8. The molecular weight excluding hydrogens is 377 g/mol. The Balaban J connectivity index is 1.97. The summed E-state index contributed by atoms with van der Waals surface area (Å²) in [6.07, 6.45) is 2.28. The number of carbonyl (C=O) groups excluding carboxylic acids is 1. The van der Waals surface area contributed by atoms with Gasteiger partial charge in [-0.25, -0.2) is 4.39 Å². The van der Waals surface area contributed by atoms with Crippen LogP contribution in [0, 0.1) is 24.1 Å². The maximum atomic E-state index is 15.0. The number of amides is 1. The molecule has 5 heteroatoms. The molecule has 0 saturated carbocycles. The maximum absolute atomic E-state index is 15.0. The number of benzene rings is 2. The molecular formula is C25H28FN3O. The molecule has 2 aromatic carbocycles. The number of anilines is 2. The summed E-state index contributed by atoms with van der Waals surface area (Å²) in [6.45, 7) is 11.2. The maximum Gasteiger partial charge on any atom is 0.266 e. The van der Waals surface area contributed by atoms with E-state index in [1.54, 1.807) is 12.1 Å². The highest BCUT2D eigenvalue weighted by Gasteiger charge is 2.36. The first kappa shape index (κ1) is 21.6. The fourth-order valence-corrected chi connectivity index (χ4v) is 4.46. The SMILES string of the molecule is CCN1c2cc(F)c(/C=C(\C#N)C(=O)Nc3cccc(C)c3)cc2C(C)CC1(C)C. The molecule has 0 saturated heterocycles. The van der Waals surface area contributed by atoms with Crippen LogP contribution in [-0.2, 0) is 4.79 Å². The molecule has 1 aliphatic heterocycles. The Morgan fingerprint density at radius 1 is 1.37 bits per heavy atom. The lowest BCUT2D eigenvalue weighted by Gasteiger charge is -2.47. The van der Waals surface area contributed by atoms with Crippen LogP contribution >= 0.6 is 0 Å². The van der Waals surface area contributed by atoms with E-state index in [0.717, 1.165) is 29.8 Å². The van der Waals surface area contributed by atoms with Crippen LogP contribution in [-0.4, -0.2) is 18.0 Å². The zero-order chi connectivity index (χ0) is 22.1. The molecule has 0 fully saturated rings. The summed E-state index contributed by atoms with van der Waals surface area (Å²) >= 11 is 0. The van der Waals surface area contributed by atoms with Gasteiger partial charge in [0, 0.05) is 29.0 Å². The van der Waals surface area contributed by atoms with E-state index in [9.17, 15) is 14.4 Å². The minimum absolute atomic E-state index is 0.0591. The second kappa shape index (κ2) is 8.31. The van der Waals surface area contributed by atoms with Crippen LogP contribution in [0.1, 0.15) is 56.7 Å². The van der Waals surface area contributed by atoms with Gasteiger partial charge in [-0.2, -0.15) is 5.26 Å². The highest BCUT2D eigenvalue weighted by molar-refractivity contribution is 6.09. The monoisotopic (exact) mass is 405 g/mol. The fraction of sp³-hybridized carbons (Fsp3) is 0.360. The number of fused-ring (bicyclic) bond motifs is 1. The van der Waals surface area contributed by atoms with Crippen molar-refractivity contribution in [2.45, 2.75) is 52.5 Å². The van der Waals surface area contributed by atoms with Crippen molar-refractivity contribution in [3.63, 3.8) is 0 Å². The van der Waals surface area contributed by atoms with Crippen molar-refractivity contribution in [2.24, 2.45) is 0 Å². The van der Waals surface area contributed by atoms with Gasteiger partial charge in [0.1, 0.15) is 17.5 Å². The van der Waals surface area contributed by atoms with Gasteiger partial charge in [0.05, 0.1) is 0 Å². The molecule has 0 spiro atoms. The first-order chi connectivity index (χ1) is 14.2. The number of nitrogens with one attached hydrogen (secondary N) is 1. The molecule has 0 aliphatic carbocycles. The smallest absolute Gasteiger partial charge is 0.266 e. The van der Waals surface area contributed by atoms with Crippen molar-refractivity contribution in [1.29, 1.82) is 5.26 Å². The lowest BCUT2D eigenvalue weighted by atomic mass is 9.79. The highest BCUT2D eigenvalue weighted by Crippen LogP contribution is 2.44. The summed E-state index contributed by atoms with van der Waals surface area (Å²) in [4.78, 5) is 14.8. The number of hydrogen-bond donors (Lipinski definition) is 1. The zero-order valence-corrected chi connectivity index (χ0v) is 18.2. The first-order valence-electron chi connectivity index (χ1n) is 10.3. The largest absolute Gasteiger partial charge is 0.366 e. The van der Waals surface area contributed by atoms with Gasteiger partial charge in [-0.15, -0.1) is 0 Å². The minimum Gasteiger partial charge on any atom is -0.366 e. The summed E-state index contributed by atoms with van der Waals surface area (Å²) < 4.78 is 15.0. The Kier molecular flexibility index (Phi) is 5.98. The van der Waals surface area contributed by atoms with Crippen molar-refractivity contribution in [3.05, 3.63) is 64.5 Å². The van der Waals surface area contributed by atoms with Gasteiger partial charge in [0.2, 0.25) is 0 Å². The molecule has 1 N–H and O–H groups in total. The topological polar surface area (TPSA) is 56.1 Å². The molecule has 156 valence electrons. The van der Waals surface area contributed by atoms with E-state index >= 15 is 0 Å². The zero-order valence-electron chi connectivity index (χ0n) is 18.2. The fourth-order valence-electron chi connectivity index (χ4n) is 4.46. The third kappa shape index (κ3) is 4.23. The summed E-state index contributed by atoms with van der Waals surface area (Å²) in [6, 6.07) is 12.5. The number of rotatable bonds is 4. The number of halogens is 1. The van der Waals surface area contributed by atoms with E-state index in [1.807, 2.05) is 31.2 Å². The van der Waals surface area contributed by atoms with Crippen LogP contribution in [0.2, 0.25) is 0 Å². The van der Waals surface area contributed by atoms with Crippen LogP contribution in [0.5, 0.6) is 0 Å².